The van der Waals surface area contributed by atoms with Gasteiger partial charge >= 0.3 is 0 Å². The fraction of sp³-hybridized carbons (Fsp3) is 0.667. The SMILES string of the molecule is CC(C)(C)OC[C@H]1Oc2ccccc2O[C@@H]1COC(C)(C)C. The van der Waals surface area contributed by atoms with Crippen molar-refractivity contribution in [2.45, 2.75) is 65.0 Å². The minimum atomic E-state index is -0.213. The summed E-state index contributed by atoms with van der Waals surface area (Å²) in [4.78, 5) is 0. The summed E-state index contributed by atoms with van der Waals surface area (Å²) in [5, 5.41) is 0. The Balaban J connectivity index is 2.08. The topological polar surface area (TPSA) is 36.9 Å². The lowest BCUT2D eigenvalue weighted by atomic mass is 10.1. The fourth-order valence-electron chi connectivity index (χ4n) is 2.07. The molecule has 1 aliphatic rings. The quantitative estimate of drug-likeness (QED) is 0.847. The maximum atomic E-state index is 6.08. The Labute approximate surface area is 133 Å². The van der Waals surface area contributed by atoms with Gasteiger partial charge < -0.3 is 18.9 Å². The van der Waals surface area contributed by atoms with Crippen molar-refractivity contribution in [1.29, 1.82) is 0 Å². The standard InChI is InChI=1S/C18H28O4/c1-17(2,3)19-11-15-16(12-20-18(4,5)6)22-14-10-8-7-9-13(14)21-15/h7-10,15-16H,11-12H2,1-6H3/t15-,16-/m1/s1. The summed E-state index contributed by atoms with van der Waals surface area (Å²) in [7, 11) is 0. The largest absolute Gasteiger partial charge is 0.480 e. The van der Waals surface area contributed by atoms with Gasteiger partial charge in [0.2, 0.25) is 0 Å². The zero-order valence-electron chi connectivity index (χ0n) is 14.5. The maximum Gasteiger partial charge on any atom is 0.161 e. The van der Waals surface area contributed by atoms with Crippen LogP contribution in [0.1, 0.15) is 41.5 Å². The molecule has 1 aliphatic heterocycles. The first-order valence-corrected chi connectivity index (χ1v) is 7.84. The number of fused-ring (bicyclic) bond motifs is 1. The molecule has 1 aromatic carbocycles. The average molecular weight is 308 g/mol. The van der Waals surface area contributed by atoms with Crippen molar-refractivity contribution in [3.05, 3.63) is 24.3 Å². The normalized spacial score (nSPS) is 21.7. The fourth-order valence-corrected chi connectivity index (χ4v) is 2.07. The van der Waals surface area contributed by atoms with Gasteiger partial charge in [-0.2, -0.15) is 0 Å². The molecule has 2 atom stereocenters. The summed E-state index contributed by atoms with van der Waals surface area (Å²) in [5.74, 6) is 1.52. The van der Waals surface area contributed by atoms with E-state index in [-0.39, 0.29) is 23.4 Å². The molecule has 4 nitrogen and oxygen atoms in total. The molecule has 0 saturated heterocycles. The highest BCUT2D eigenvalue weighted by Crippen LogP contribution is 2.34. The lowest BCUT2D eigenvalue weighted by molar-refractivity contribution is -0.116. The summed E-state index contributed by atoms with van der Waals surface area (Å²) < 4.78 is 23.9. The maximum absolute atomic E-state index is 6.08. The van der Waals surface area contributed by atoms with Crippen LogP contribution < -0.4 is 9.47 Å². The Morgan fingerprint density at radius 1 is 0.773 bits per heavy atom. The highest BCUT2D eigenvalue weighted by Gasteiger charge is 2.34. The van der Waals surface area contributed by atoms with Gasteiger partial charge in [0.15, 0.2) is 23.7 Å². The minimum Gasteiger partial charge on any atom is -0.480 e. The van der Waals surface area contributed by atoms with Gasteiger partial charge in [0, 0.05) is 0 Å². The van der Waals surface area contributed by atoms with Crippen LogP contribution in [0.25, 0.3) is 0 Å². The van der Waals surface area contributed by atoms with E-state index >= 15 is 0 Å². The van der Waals surface area contributed by atoms with Crippen molar-refractivity contribution in [3.8, 4) is 11.5 Å². The second kappa shape index (κ2) is 6.47. The van der Waals surface area contributed by atoms with Gasteiger partial charge in [0.25, 0.3) is 0 Å². The van der Waals surface area contributed by atoms with Gasteiger partial charge in [-0.15, -0.1) is 0 Å². The highest BCUT2D eigenvalue weighted by molar-refractivity contribution is 5.41. The highest BCUT2D eigenvalue weighted by atomic mass is 16.6. The molecule has 0 amide bonds. The van der Waals surface area contributed by atoms with Gasteiger partial charge in [-0.3, -0.25) is 0 Å². The van der Waals surface area contributed by atoms with Crippen molar-refractivity contribution in [2.24, 2.45) is 0 Å². The predicted octanol–water partition coefficient (Wildman–Crippen LogP) is 3.83. The third-order valence-electron chi connectivity index (χ3n) is 3.18. The third-order valence-corrected chi connectivity index (χ3v) is 3.18. The van der Waals surface area contributed by atoms with Crippen LogP contribution in [0.4, 0.5) is 0 Å². The Morgan fingerprint density at radius 3 is 1.45 bits per heavy atom. The third kappa shape index (κ3) is 5.18. The molecule has 0 aromatic heterocycles. The molecule has 0 saturated carbocycles. The van der Waals surface area contributed by atoms with Gasteiger partial charge in [-0.1, -0.05) is 12.1 Å². The van der Waals surface area contributed by atoms with Gasteiger partial charge in [-0.25, -0.2) is 0 Å². The number of benzene rings is 1. The summed E-state index contributed by atoms with van der Waals surface area (Å²) in [6, 6.07) is 7.71. The van der Waals surface area contributed by atoms with Crippen LogP contribution >= 0.6 is 0 Å². The zero-order valence-corrected chi connectivity index (χ0v) is 14.5. The summed E-state index contributed by atoms with van der Waals surface area (Å²) >= 11 is 0. The Kier molecular flexibility index (Phi) is 5.03. The molecule has 124 valence electrons. The smallest absolute Gasteiger partial charge is 0.161 e. The van der Waals surface area contributed by atoms with Gasteiger partial charge in [0.05, 0.1) is 24.4 Å². The molecule has 0 bridgehead atoms. The summed E-state index contributed by atoms with van der Waals surface area (Å²) in [6.45, 7) is 13.1. The monoisotopic (exact) mass is 308 g/mol. The second-order valence-corrected chi connectivity index (χ2v) is 7.61. The molecule has 1 aromatic rings. The van der Waals surface area contributed by atoms with E-state index in [9.17, 15) is 0 Å². The van der Waals surface area contributed by atoms with Gasteiger partial charge in [0.1, 0.15) is 0 Å². The van der Waals surface area contributed by atoms with Crippen LogP contribution in [0.5, 0.6) is 11.5 Å². The minimum absolute atomic E-state index is 0.184. The van der Waals surface area contributed by atoms with Crippen molar-refractivity contribution < 1.29 is 18.9 Å². The molecule has 2 rings (SSSR count). The first-order chi connectivity index (χ1) is 10.1. The molecule has 0 N–H and O–H groups in total. The number of hydrogen-bond donors (Lipinski definition) is 0. The van der Waals surface area contributed by atoms with Crippen LogP contribution in [0, 0.1) is 0 Å². The van der Waals surface area contributed by atoms with Crippen LogP contribution in [-0.4, -0.2) is 36.6 Å². The first-order valence-electron chi connectivity index (χ1n) is 7.84. The molecule has 0 unspecified atom stereocenters. The summed E-state index contributed by atoms with van der Waals surface area (Å²) in [5.41, 5.74) is -0.425. The molecular formula is C18H28O4. The number of rotatable bonds is 4. The predicted molar refractivity (Wildman–Crippen MR) is 86.7 cm³/mol. The van der Waals surface area contributed by atoms with E-state index in [4.69, 9.17) is 18.9 Å². The van der Waals surface area contributed by atoms with E-state index in [0.717, 1.165) is 11.5 Å². The molecule has 0 spiro atoms. The first kappa shape index (κ1) is 17.1. The molecule has 4 heteroatoms. The van der Waals surface area contributed by atoms with E-state index in [2.05, 4.69) is 0 Å². The molecule has 1 heterocycles. The van der Waals surface area contributed by atoms with E-state index in [1.165, 1.54) is 0 Å². The van der Waals surface area contributed by atoms with Crippen LogP contribution in [0.2, 0.25) is 0 Å². The second-order valence-electron chi connectivity index (χ2n) is 7.61. The van der Waals surface area contributed by atoms with Gasteiger partial charge in [-0.05, 0) is 53.7 Å². The molecule has 22 heavy (non-hydrogen) atoms. The molecule has 0 aliphatic carbocycles. The number of hydrogen-bond acceptors (Lipinski definition) is 4. The zero-order chi connectivity index (χ0) is 16.4. The Morgan fingerprint density at radius 2 is 1.14 bits per heavy atom. The lowest BCUT2D eigenvalue weighted by Gasteiger charge is -2.36. The molecular weight excluding hydrogens is 280 g/mol. The van der Waals surface area contributed by atoms with Crippen LogP contribution in [-0.2, 0) is 9.47 Å². The van der Waals surface area contributed by atoms with Crippen molar-refractivity contribution in [1.82, 2.24) is 0 Å². The lowest BCUT2D eigenvalue weighted by Crippen LogP contribution is -2.48. The van der Waals surface area contributed by atoms with Crippen molar-refractivity contribution in [2.75, 3.05) is 13.2 Å². The van der Waals surface area contributed by atoms with E-state index in [1.807, 2.05) is 65.8 Å². The van der Waals surface area contributed by atoms with Crippen LogP contribution in [0.3, 0.4) is 0 Å². The number of ether oxygens (including phenoxy) is 4. The van der Waals surface area contributed by atoms with Crippen molar-refractivity contribution in [3.63, 3.8) is 0 Å². The van der Waals surface area contributed by atoms with E-state index in [0.29, 0.717) is 13.2 Å². The average Bonchev–Trinajstić information content (AvgIpc) is 2.40. The van der Waals surface area contributed by atoms with Crippen molar-refractivity contribution >= 4 is 0 Å². The Hall–Kier alpha value is -1.26. The molecule has 0 fully saturated rings. The summed E-state index contributed by atoms with van der Waals surface area (Å²) in [6.07, 6.45) is -0.368. The van der Waals surface area contributed by atoms with E-state index in [1.54, 1.807) is 0 Å². The van der Waals surface area contributed by atoms with Crippen LogP contribution in [0.15, 0.2) is 24.3 Å². The Bertz CT molecular complexity index is 440. The molecule has 0 radical (unpaired) electrons. The van der Waals surface area contributed by atoms with E-state index < -0.39 is 0 Å². The number of para-hydroxylation sites is 2.